The second-order valence-electron chi connectivity index (χ2n) is 6.16. The van der Waals surface area contributed by atoms with Crippen LogP contribution in [0.1, 0.15) is 50.3 Å². The SMILES string of the molecule is Cc1cc(Cl)c(CCCCNC(C)(C)C)cc1C. The lowest BCUT2D eigenvalue weighted by molar-refractivity contribution is 0.419. The number of hydrogen-bond acceptors (Lipinski definition) is 1. The maximum absolute atomic E-state index is 6.27. The van der Waals surface area contributed by atoms with Gasteiger partial charge in [0.15, 0.2) is 0 Å². The Morgan fingerprint density at radius 2 is 1.67 bits per heavy atom. The van der Waals surface area contributed by atoms with Crippen molar-refractivity contribution in [2.75, 3.05) is 6.54 Å². The number of benzene rings is 1. The van der Waals surface area contributed by atoms with E-state index in [1.807, 2.05) is 0 Å². The minimum atomic E-state index is 0.220. The van der Waals surface area contributed by atoms with E-state index in [2.05, 4.69) is 52.1 Å². The molecule has 0 unspecified atom stereocenters. The van der Waals surface area contributed by atoms with Crippen LogP contribution in [0.25, 0.3) is 0 Å². The molecule has 0 aliphatic heterocycles. The Bertz CT molecular complexity index is 391. The van der Waals surface area contributed by atoms with Crippen molar-refractivity contribution in [1.29, 1.82) is 0 Å². The van der Waals surface area contributed by atoms with Gasteiger partial charge in [0, 0.05) is 10.6 Å². The highest BCUT2D eigenvalue weighted by molar-refractivity contribution is 6.31. The summed E-state index contributed by atoms with van der Waals surface area (Å²) < 4.78 is 0. The predicted octanol–water partition coefficient (Wildman–Crippen LogP) is 4.67. The Balaban J connectivity index is 2.38. The second kappa shape index (κ2) is 6.58. The fourth-order valence-electron chi connectivity index (χ4n) is 1.94. The minimum Gasteiger partial charge on any atom is -0.312 e. The van der Waals surface area contributed by atoms with Gasteiger partial charge in [-0.15, -0.1) is 0 Å². The van der Waals surface area contributed by atoms with Gasteiger partial charge in [0.1, 0.15) is 0 Å². The summed E-state index contributed by atoms with van der Waals surface area (Å²) in [5, 5.41) is 4.43. The zero-order valence-corrected chi connectivity index (χ0v) is 13.1. The second-order valence-corrected chi connectivity index (χ2v) is 6.57. The average Bonchev–Trinajstić information content (AvgIpc) is 2.23. The summed E-state index contributed by atoms with van der Waals surface area (Å²) in [7, 11) is 0. The molecule has 0 radical (unpaired) electrons. The Kier molecular flexibility index (Phi) is 5.68. The Morgan fingerprint density at radius 3 is 2.28 bits per heavy atom. The van der Waals surface area contributed by atoms with Gasteiger partial charge in [-0.05, 0) is 83.2 Å². The van der Waals surface area contributed by atoms with Gasteiger partial charge in [0.25, 0.3) is 0 Å². The van der Waals surface area contributed by atoms with E-state index in [1.165, 1.54) is 29.5 Å². The molecule has 0 bridgehead atoms. The van der Waals surface area contributed by atoms with Crippen molar-refractivity contribution in [3.63, 3.8) is 0 Å². The average molecular weight is 268 g/mol. The maximum atomic E-state index is 6.27. The van der Waals surface area contributed by atoms with Crippen LogP contribution >= 0.6 is 11.6 Å². The van der Waals surface area contributed by atoms with E-state index in [0.717, 1.165) is 18.0 Å². The third-order valence-corrected chi connectivity index (χ3v) is 3.54. The van der Waals surface area contributed by atoms with Gasteiger partial charge in [-0.2, -0.15) is 0 Å². The van der Waals surface area contributed by atoms with Crippen LogP contribution in [0.3, 0.4) is 0 Å². The number of aryl methyl sites for hydroxylation is 3. The Labute approximate surface area is 117 Å². The molecule has 0 amide bonds. The number of nitrogens with one attached hydrogen (secondary N) is 1. The first kappa shape index (κ1) is 15.5. The standard InChI is InChI=1S/C16H26ClN/c1-12-10-14(15(17)11-13(12)2)8-6-7-9-18-16(3,4)5/h10-11,18H,6-9H2,1-5H3. The third-order valence-electron chi connectivity index (χ3n) is 3.19. The van der Waals surface area contributed by atoms with Crippen LogP contribution in [0.2, 0.25) is 5.02 Å². The van der Waals surface area contributed by atoms with Gasteiger partial charge in [0.2, 0.25) is 0 Å². The first-order valence-corrected chi connectivity index (χ1v) is 7.18. The summed E-state index contributed by atoms with van der Waals surface area (Å²) in [6.45, 7) is 11.9. The van der Waals surface area contributed by atoms with Crippen molar-refractivity contribution in [3.8, 4) is 0 Å². The molecule has 1 aromatic carbocycles. The van der Waals surface area contributed by atoms with Gasteiger partial charge in [0.05, 0.1) is 0 Å². The smallest absolute Gasteiger partial charge is 0.0440 e. The van der Waals surface area contributed by atoms with Crippen LogP contribution < -0.4 is 5.32 Å². The molecule has 2 heteroatoms. The summed E-state index contributed by atoms with van der Waals surface area (Å²) in [4.78, 5) is 0. The molecule has 0 spiro atoms. The highest BCUT2D eigenvalue weighted by Gasteiger charge is 2.07. The summed E-state index contributed by atoms with van der Waals surface area (Å²) in [5.41, 5.74) is 4.12. The molecular weight excluding hydrogens is 242 g/mol. The van der Waals surface area contributed by atoms with Gasteiger partial charge >= 0.3 is 0 Å². The van der Waals surface area contributed by atoms with Crippen LogP contribution in [0, 0.1) is 13.8 Å². The van der Waals surface area contributed by atoms with Crippen LogP contribution in [-0.4, -0.2) is 12.1 Å². The zero-order valence-electron chi connectivity index (χ0n) is 12.4. The monoisotopic (exact) mass is 267 g/mol. The normalized spacial score (nSPS) is 11.9. The van der Waals surface area contributed by atoms with E-state index in [-0.39, 0.29) is 5.54 Å². The summed E-state index contributed by atoms with van der Waals surface area (Å²) in [6, 6.07) is 4.31. The molecule has 1 aromatic rings. The van der Waals surface area contributed by atoms with Crippen LogP contribution in [0.5, 0.6) is 0 Å². The van der Waals surface area contributed by atoms with E-state index in [0.29, 0.717) is 0 Å². The molecule has 0 atom stereocenters. The van der Waals surface area contributed by atoms with Crippen LogP contribution in [0.4, 0.5) is 0 Å². The molecule has 0 aliphatic rings. The zero-order chi connectivity index (χ0) is 13.8. The Hall–Kier alpha value is -0.530. The van der Waals surface area contributed by atoms with E-state index in [1.54, 1.807) is 0 Å². The topological polar surface area (TPSA) is 12.0 Å². The van der Waals surface area contributed by atoms with E-state index >= 15 is 0 Å². The van der Waals surface area contributed by atoms with E-state index < -0.39 is 0 Å². The minimum absolute atomic E-state index is 0.220. The molecule has 0 saturated heterocycles. The number of unbranched alkanes of at least 4 members (excludes halogenated alkanes) is 1. The first-order valence-electron chi connectivity index (χ1n) is 6.80. The predicted molar refractivity (Wildman–Crippen MR) is 81.6 cm³/mol. The number of hydrogen-bond donors (Lipinski definition) is 1. The number of halogens is 1. The van der Waals surface area contributed by atoms with Gasteiger partial charge in [-0.25, -0.2) is 0 Å². The Morgan fingerprint density at radius 1 is 1.06 bits per heavy atom. The maximum Gasteiger partial charge on any atom is 0.0440 e. The van der Waals surface area contributed by atoms with Crippen LogP contribution in [0.15, 0.2) is 12.1 Å². The van der Waals surface area contributed by atoms with Crippen LogP contribution in [-0.2, 0) is 6.42 Å². The van der Waals surface area contributed by atoms with Gasteiger partial charge in [-0.1, -0.05) is 17.7 Å². The lowest BCUT2D eigenvalue weighted by Gasteiger charge is -2.20. The van der Waals surface area contributed by atoms with Gasteiger partial charge < -0.3 is 5.32 Å². The van der Waals surface area contributed by atoms with Crippen molar-refractivity contribution in [2.24, 2.45) is 0 Å². The first-order chi connectivity index (χ1) is 8.29. The van der Waals surface area contributed by atoms with Crippen molar-refractivity contribution in [1.82, 2.24) is 5.32 Å². The van der Waals surface area contributed by atoms with E-state index in [9.17, 15) is 0 Å². The van der Waals surface area contributed by atoms with Crippen molar-refractivity contribution in [3.05, 3.63) is 33.8 Å². The molecule has 0 saturated carbocycles. The van der Waals surface area contributed by atoms with E-state index in [4.69, 9.17) is 11.6 Å². The molecule has 1 N–H and O–H groups in total. The molecule has 0 aromatic heterocycles. The fraction of sp³-hybridized carbons (Fsp3) is 0.625. The van der Waals surface area contributed by atoms with Crippen molar-refractivity contribution in [2.45, 2.75) is 59.4 Å². The summed E-state index contributed by atoms with van der Waals surface area (Å²) >= 11 is 6.27. The highest BCUT2D eigenvalue weighted by atomic mass is 35.5. The molecule has 1 rings (SSSR count). The fourth-order valence-corrected chi connectivity index (χ4v) is 2.25. The molecule has 102 valence electrons. The third kappa shape index (κ3) is 5.41. The molecular formula is C16H26ClN. The largest absolute Gasteiger partial charge is 0.312 e. The molecule has 1 nitrogen and oxygen atoms in total. The molecule has 0 fully saturated rings. The quantitative estimate of drug-likeness (QED) is 0.765. The number of rotatable bonds is 5. The highest BCUT2D eigenvalue weighted by Crippen LogP contribution is 2.22. The van der Waals surface area contributed by atoms with Crippen molar-refractivity contribution >= 4 is 11.6 Å². The lowest BCUT2D eigenvalue weighted by atomic mass is 10.0. The summed E-state index contributed by atoms with van der Waals surface area (Å²) in [5.74, 6) is 0. The summed E-state index contributed by atoms with van der Waals surface area (Å²) in [6.07, 6.45) is 3.46. The molecule has 18 heavy (non-hydrogen) atoms. The molecule has 0 heterocycles. The van der Waals surface area contributed by atoms with Crippen molar-refractivity contribution < 1.29 is 0 Å². The van der Waals surface area contributed by atoms with Gasteiger partial charge in [-0.3, -0.25) is 0 Å². The lowest BCUT2D eigenvalue weighted by Crippen LogP contribution is -2.36. The molecule has 0 aliphatic carbocycles.